The summed E-state index contributed by atoms with van der Waals surface area (Å²) < 4.78 is 0. The fourth-order valence-corrected chi connectivity index (χ4v) is 1.62. The quantitative estimate of drug-likeness (QED) is 0.587. The first-order valence-electron chi connectivity index (χ1n) is 5.07. The Morgan fingerprint density at radius 2 is 1.88 bits per heavy atom. The van der Waals surface area contributed by atoms with Crippen LogP contribution in [0.2, 0.25) is 0 Å². The Morgan fingerprint density at radius 1 is 1.06 bits per heavy atom. The van der Waals surface area contributed by atoms with Crippen LogP contribution in [0.3, 0.4) is 0 Å². The monoisotopic (exact) mass is 230 g/mol. The third-order valence-corrected chi connectivity index (χ3v) is 2.47. The molecule has 2 heteroatoms. The number of phenols is 1. The van der Waals surface area contributed by atoms with E-state index in [9.17, 15) is 5.11 Å². The van der Waals surface area contributed by atoms with E-state index in [0.29, 0.717) is 12.3 Å². The van der Waals surface area contributed by atoms with E-state index in [1.165, 1.54) is 0 Å². The molecule has 0 saturated carbocycles. The van der Waals surface area contributed by atoms with Gasteiger partial charge in [-0.1, -0.05) is 24.0 Å². The standard InChI is InChI=1S/C14H11ClO/c15-8-2-1-3-11-4-5-12-6-7-14(16)10-13(12)9-11/h4-7,9-10,16H,2,8H2. The summed E-state index contributed by atoms with van der Waals surface area (Å²) in [5.74, 6) is 6.86. The smallest absolute Gasteiger partial charge is 0.116 e. The van der Waals surface area contributed by atoms with E-state index in [0.717, 1.165) is 16.3 Å². The van der Waals surface area contributed by atoms with Crippen LogP contribution in [0.25, 0.3) is 10.8 Å². The summed E-state index contributed by atoms with van der Waals surface area (Å²) >= 11 is 5.55. The number of aromatic hydroxyl groups is 1. The van der Waals surface area contributed by atoms with E-state index in [4.69, 9.17) is 11.6 Å². The van der Waals surface area contributed by atoms with Gasteiger partial charge in [-0.3, -0.25) is 0 Å². The van der Waals surface area contributed by atoms with Crippen molar-refractivity contribution in [3.8, 4) is 17.6 Å². The SMILES string of the molecule is Oc1ccc2ccc(C#CCCCl)cc2c1. The minimum atomic E-state index is 0.276. The van der Waals surface area contributed by atoms with Crippen LogP contribution < -0.4 is 0 Å². The number of halogens is 1. The lowest BCUT2D eigenvalue weighted by molar-refractivity contribution is 0.476. The summed E-state index contributed by atoms with van der Waals surface area (Å²) in [6.07, 6.45) is 0.694. The lowest BCUT2D eigenvalue weighted by atomic mass is 10.1. The fourth-order valence-electron chi connectivity index (χ4n) is 1.52. The van der Waals surface area contributed by atoms with Crippen LogP contribution in [0, 0.1) is 11.8 Å². The highest BCUT2D eigenvalue weighted by Gasteiger charge is 1.95. The van der Waals surface area contributed by atoms with Crippen molar-refractivity contribution in [3.63, 3.8) is 0 Å². The molecule has 0 aromatic heterocycles. The molecule has 2 aromatic rings. The molecule has 2 rings (SSSR count). The second-order valence-corrected chi connectivity index (χ2v) is 3.86. The Bertz CT molecular complexity index is 564. The van der Waals surface area contributed by atoms with Gasteiger partial charge in [0.15, 0.2) is 0 Å². The van der Waals surface area contributed by atoms with Gasteiger partial charge in [0, 0.05) is 17.9 Å². The summed E-state index contributed by atoms with van der Waals surface area (Å²) in [7, 11) is 0. The average Bonchev–Trinajstić information content (AvgIpc) is 2.29. The van der Waals surface area contributed by atoms with E-state index in [1.807, 2.05) is 24.3 Å². The van der Waals surface area contributed by atoms with Gasteiger partial charge in [-0.05, 0) is 35.0 Å². The normalized spacial score (nSPS) is 9.81. The second kappa shape index (κ2) is 4.92. The molecule has 0 amide bonds. The lowest BCUT2D eigenvalue weighted by Crippen LogP contribution is -1.77. The van der Waals surface area contributed by atoms with Gasteiger partial charge < -0.3 is 5.11 Å². The first-order valence-corrected chi connectivity index (χ1v) is 5.61. The summed E-state index contributed by atoms with van der Waals surface area (Å²) in [6.45, 7) is 0. The van der Waals surface area contributed by atoms with Crippen LogP contribution >= 0.6 is 11.6 Å². The molecule has 0 aliphatic heterocycles. The van der Waals surface area contributed by atoms with Crippen molar-refractivity contribution < 1.29 is 5.11 Å². The predicted octanol–water partition coefficient (Wildman–Crippen LogP) is 3.53. The molecular formula is C14H11ClO. The minimum absolute atomic E-state index is 0.276. The first-order chi connectivity index (χ1) is 7.79. The zero-order valence-electron chi connectivity index (χ0n) is 8.70. The molecule has 1 nitrogen and oxygen atoms in total. The summed E-state index contributed by atoms with van der Waals surface area (Å²) in [6, 6.07) is 11.3. The highest BCUT2D eigenvalue weighted by atomic mass is 35.5. The van der Waals surface area contributed by atoms with Gasteiger partial charge in [0.1, 0.15) is 5.75 Å². The van der Waals surface area contributed by atoms with Crippen molar-refractivity contribution >= 4 is 22.4 Å². The van der Waals surface area contributed by atoms with Crippen molar-refractivity contribution in [2.24, 2.45) is 0 Å². The van der Waals surface area contributed by atoms with Crippen molar-refractivity contribution in [3.05, 3.63) is 42.0 Å². The molecule has 2 aromatic carbocycles. The molecular weight excluding hydrogens is 220 g/mol. The van der Waals surface area contributed by atoms with Gasteiger partial charge in [0.25, 0.3) is 0 Å². The summed E-state index contributed by atoms with van der Waals surface area (Å²) in [5.41, 5.74) is 0.947. The number of hydrogen-bond acceptors (Lipinski definition) is 1. The van der Waals surface area contributed by atoms with Gasteiger partial charge in [0.05, 0.1) is 0 Å². The second-order valence-electron chi connectivity index (χ2n) is 3.49. The molecule has 0 fully saturated rings. The van der Waals surface area contributed by atoms with Gasteiger partial charge >= 0.3 is 0 Å². The fraction of sp³-hybridized carbons (Fsp3) is 0.143. The third kappa shape index (κ3) is 2.48. The molecule has 1 N–H and O–H groups in total. The maximum Gasteiger partial charge on any atom is 0.116 e. The van der Waals surface area contributed by atoms with E-state index in [2.05, 4.69) is 11.8 Å². The molecule has 0 bridgehead atoms. The molecule has 0 spiro atoms. The summed E-state index contributed by atoms with van der Waals surface area (Å²) in [5, 5.41) is 11.5. The topological polar surface area (TPSA) is 20.2 Å². The van der Waals surface area contributed by atoms with Gasteiger partial charge in [-0.2, -0.15) is 0 Å². The van der Waals surface area contributed by atoms with E-state index in [1.54, 1.807) is 12.1 Å². The number of rotatable bonds is 1. The molecule has 0 heterocycles. The molecule has 0 aliphatic rings. The number of benzene rings is 2. The van der Waals surface area contributed by atoms with E-state index < -0.39 is 0 Å². The highest BCUT2D eigenvalue weighted by molar-refractivity contribution is 6.18. The van der Waals surface area contributed by atoms with Gasteiger partial charge in [0.2, 0.25) is 0 Å². The lowest BCUT2D eigenvalue weighted by Gasteiger charge is -1.99. The van der Waals surface area contributed by atoms with E-state index in [-0.39, 0.29) is 5.75 Å². The van der Waals surface area contributed by atoms with Crippen LogP contribution in [0.4, 0.5) is 0 Å². The average molecular weight is 231 g/mol. The zero-order valence-corrected chi connectivity index (χ0v) is 9.46. The zero-order chi connectivity index (χ0) is 11.4. The number of fused-ring (bicyclic) bond motifs is 1. The van der Waals surface area contributed by atoms with Crippen LogP contribution in [0.5, 0.6) is 5.75 Å². The van der Waals surface area contributed by atoms with Gasteiger partial charge in [-0.15, -0.1) is 11.6 Å². The van der Waals surface area contributed by atoms with Crippen LogP contribution in [0.15, 0.2) is 36.4 Å². The Morgan fingerprint density at radius 3 is 2.69 bits per heavy atom. The first kappa shape index (κ1) is 10.9. The Hall–Kier alpha value is -1.65. The molecule has 0 atom stereocenters. The number of hydrogen-bond donors (Lipinski definition) is 1. The Kier molecular flexibility index (Phi) is 3.34. The maximum absolute atomic E-state index is 9.38. The van der Waals surface area contributed by atoms with Crippen LogP contribution in [-0.4, -0.2) is 11.0 Å². The number of phenolic OH excluding ortho intramolecular Hbond substituents is 1. The van der Waals surface area contributed by atoms with Crippen LogP contribution in [0.1, 0.15) is 12.0 Å². The molecule has 0 unspecified atom stereocenters. The van der Waals surface area contributed by atoms with Crippen molar-refractivity contribution in [1.29, 1.82) is 0 Å². The summed E-state index contributed by atoms with van der Waals surface area (Å²) in [4.78, 5) is 0. The van der Waals surface area contributed by atoms with E-state index >= 15 is 0 Å². The highest BCUT2D eigenvalue weighted by Crippen LogP contribution is 2.20. The van der Waals surface area contributed by atoms with Crippen LogP contribution in [-0.2, 0) is 0 Å². The minimum Gasteiger partial charge on any atom is -0.508 e. The largest absolute Gasteiger partial charge is 0.508 e. The molecule has 16 heavy (non-hydrogen) atoms. The van der Waals surface area contributed by atoms with Crippen molar-refractivity contribution in [2.45, 2.75) is 6.42 Å². The predicted molar refractivity (Wildman–Crippen MR) is 67.8 cm³/mol. The molecule has 0 radical (unpaired) electrons. The van der Waals surface area contributed by atoms with Crippen molar-refractivity contribution in [1.82, 2.24) is 0 Å². The Labute approximate surface area is 99.7 Å². The molecule has 0 aliphatic carbocycles. The van der Waals surface area contributed by atoms with Crippen molar-refractivity contribution in [2.75, 3.05) is 5.88 Å². The molecule has 0 saturated heterocycles. The third-order valence-electron chi connectivity index (χ3n) is 2.28. The molecule has 80 valence electrons. The maximum atomic E-state index is 9.38. The Balaban J connectivity index is 2.40. The number of alkyl halides is 1. The van der Waals surface area contributed by atoms with Gasteiger partial charge in [-0.25, -0.2) is 0 Å².